The first-order valence-electron chi connectivity index (χ1n) is 8.62. The molecule has 1 amide bonds. The lowest BCUT2D eigenvalue weighted by Crippen LogP contribution is -2.14. The number of aromatic nitrogens is 3. The van der Waals surface area contributed by atoms with Crippen molar-refractivity contribution in [3.8, 4) is 22.1 Å². The molecule has 0 aliphatic carbocycles. The maximum atomic E-state index is 12.9. The van der Waals surface area contributed by atoms with Gasteiger partial charge < -0.3 is 14.0 Å². The van der Waals surface area contributed by atoms with Gasteiger partial charge in [0.2, 0.25) is 5.13 Å². The zero-order chi connectivity index (χ0) is 21.2. The minimum atomic E-state index is -2.45. The van der Waals surface area contributed by atoms with Crippen LogP contribution >= 0.6 is 18.5 Å². The van der Waals surface area contributed by atoms with Crippen LogP contribution in [0.25, 0.3) is 11.1 Å². The lowest BCUT2D eigenvalue weighted by Gasteiger charge is -2.16. The highest BCUT2D eigenvalue weighted by atomic mass is 32.1. The van der Waals surface area contributed by atoms with Gasteiger partial charge in [-0.05, 0) is 49.8 Å². The van der Waals surface area contributed by atoms with E-state index >= 15 is 0 Å². The molecular formula is C19H21N4O4PS. The molecule has 0 aliphatic heterocycles. The van der Waals surface area contributed by atoms with E-state index in [1.165, 1.54) is 13.3 Å². The van der Waals surface area contributed by atoms with Crippen LogP contribution in [0, 0.1) is 6.92 Å². The molecule has 0 saturated heterocycles. The molecule has 152 valence electrons. The third-order valence-corrected chi connectivity index (χ3v) is 6.51. The molecule has 8 nitrogen and oxygen atoms in total. The van der Waals surface area contributed by atoms with E-state index in [2.05, 4.69) is 20.5 Å². The third kappa shape index (κ3) is 4.63. The van der Waals surface area contributed by atoms with E-state index in [9.17, 15) is 9.36 Å². The van der Waals surface area contributed by atoms with Gasteiger partial charge >= 0.3 is 0 Å². The van der Waals surface area contributed by atoms with Crippen molar-refractivity contribution in [3.05, 3.63) is 41.7 Å². The number of anilines is 1. The Morgan fingerprint density at radius 1 is 1.10 bits per heavy atom. The van der Waals surface area contributed by atoms with Gasteiger partial charge in [-0.15, -0.1) is 5.10 Å². The highest BCUT2D eigenvalue weighted by Gasteiger charge is 2.20. The number of benzene rings is 1. The summed E-state index contributed by atoms with van der Waals surface area (Å²) in [5.74, 6) is 0.151. The van der Waals surface area contributed by atoms with Crippen LogP contribution < -0.4 is 20.1 Å². The van der Waals surface area contributed by atoms with Crippen molar-refractivity contribution in [2.24, 2.45) is 0 Å². The van der Waals surface area contributed by atoms with Gasteiger partial charge in [0.05, 0.1) is 19.8 Å². The molecule has 0 fully saturated rings. The molecule has 10 heteroatoms. The summed E-state index contributed by atoms with van der Waals surface area (Å²) in [7, 11) is 0.569. The Hall–Kier alpha value is -2.77. The smallest absolute Gasteiger partial charge is 0.295 e. The molecule has 0 saturated carbocycles. The molecule has 0 bridgehead atoms. The molecular weight excluding hydrogens is 411 g/mol. The molecule has 0 atom stereocenters. The average Bonchev–Trinajstić information content (AvgIpc) is 3.14. The lowest BCUT2D eigenvalue weighted by molar-refractivity contribution is 0.102. The van der Waals surface area contributed by atoms with Crippen LogP contribution in [0.15, 0.2) is 30.5 Å². The van der Waals surface area contributed by atoms with Crippen molar-refractivity contribution < 1.29 is 18.8 Å². The molecule has 1 aromatic carbocycles. The topological polar surface area (TPSA) is 103 Å². The van der Waals surface area contributed by atoms with Crippen molar-refractivity contribution in [2.45, 2.75) is 6.92 Å². The first-order chi connectivity index (χ1) is 13.7. The highest BCUT2D eigenvalue weighted by Crippen LogP contribution is 2.39. The third-order valence-electron chi connectivity index (χ3n) is 4.18. The maximum absolute atomic E-state index is 12.9. The SMILES string of the molecule is COc1nnc(NC(=O)c2cnc(C)cc2-c2ccc(P(C)(C)=O)cc2OC)s1. The van der Waals surface area contributed by atoms with E-state index in [-0.39, 0.29) is 5.91 Å². The van der Waals surface area contributed by atoms with E-state index in [4.69, 9.17) is 9.47 Å². The molecule has 0 aliphatic rings. The predicted octanol–water partition coefficient (Wildman–Crippen LogP) is 3.43. The average molecular weight is 432 g/mol. The van der Waals surface area contributed by atoms with E-state index in [0.29, 0.717) is 38.1 Å². The molecule has 3 rings (SSSR count). The maximum Gasteiger partial charge on any atom is 0.295 e. The normalized spacial score (nSPS) is 11.2. The first-order valence-corrected chi connectivity index (χ1v) is 12.0. The van der Waals surface area contributed by atoms with Crippen LogP contribution in [0.2, 0.25) is 0 Å². The van der Waals surface area contributed by atoms with Crippen molar-refractivity contribution in [1.29, 1.82) is 0 Å². The van der Waals surface area contributed by atoms with Gasteiger partial charge in [0.15, 0.2) is 0 Å². The molecule has 3 aromatic rings. The molecule has 2 aromatic heterocycles. The Morgan fingerprint density at radius 3 is 2.48 bits per heavy atom. The largest absolute Gasteiger partial charge is 0.496 e. The zero-order valence-electron chi connectivity index (χ0n) is 16.7. The second-order valence-corrected chi connectivity index (χ2v) is 10.8. The van der Waals surface area contributed by atoms with Crippen molar-refractivity contribution in [1.82, 2.24) is 15.2 Å². The Bertz CT molecular complexity index is 1110. The van der Waals surface area contributed by atoms with Gasteiger partial charge in [-0.1, -0.05) is 11.2 Å². The molecule has 29 heavy (non-hydrogen) atoms. The summed E-state index contributed by atoms with van der Waals surface area (Å²) in [5.41, 5.74) is 2.45. The minimum absolute atomic E-state index is 0.318. The number of methoxy groups -OCH3 is 2. The van der Waals surface area contributed by atoms with Gasteiger partial charge in [0.25, 0.3) is 11.1 Å². The number of aryl methyl sites for hydroxylation is 1. The van der Waals surface area contributed by atoms with Crippen LogP contribution in [0.4, 0.5) is 5.13 Å². The van der Waals surface area contributed by atoms with E-state index in [0.717, 1.165) is 17.0 Å². The fraction of sp³-hybridized carbons (Fsp3) is 0.263. The standard InChI is InChI=1S/C19H21N4O4PS/c1-11-8-14(13-7-6-12(28(4,5)25)9-16(13)26-2)15(10-20-11)17(24)21-18-22-23-19(27-3)29-18/h6-10H,1-5H3,(H,21,22,24). The van der Waals surface area contributed by atoms with Crippen molar-refractivity contribution in [3.63, 3.8) is 0 Å². The number of carbonyl (C=O) groups excluding carboxylic acids is 1. The van der Waals surface area contributed by atoms with Gasteiger partial charge in [-0.3, -0.25) is 15.1 Å². The summed E-state index contributed by atoms with van der Waals surface area (Å²) in [6.07, 6.45) is 1.51. The van der Waals surface area contributed by atoms with Gasteiger partial charge in [-0.25, -0.2) is 0 Å². The van der Waals surface area contributed by atoms with Gasteiger partial charge in [-0.2, -0.15) is 0 Å². The number of nitrogens with one attached hydrogen (secondary N) is 1. The minimum Gasteiger partial charge on any atom is -0.496 e. The summed E-state index contributed by atoms with van der Waals surface area (Å²) in [6, 6.07) is 7.17. The molecule has 0 spiro atoms. The first kappa shape index (κ1) is 21.0. The number of ether oxygens (including phenoxy) is 2. The quantitative estimate of drug-likeness (QED) is 0.595. The Labute approximate surface area is 172 Å². The molecule has 1 N–H and O–H groups in total. The highest BCUT2D eigenvalue weighted by molar-refractivity contribution is 7.70. The van der Waals surface area contributed by atoms with E-state index < -0.39 is 7.14 Å². The van der Waals surface area contributed by atoms with Gasteiger partial charge in [0.1, 0.15) is 12.9 Å². The lowest BCUT2D eigenvalue weighted by atomic mass is 9.99. The van der Waals surface area contributed by atoms with Crippen LogP contribution in [0.3, 0.4) is 0 Å². The Balaban J connectivity index is 2.05. The molecule has 0 unspecified atom stereocenters. The number of carbonyl (C=O) groups is 1. The monoisotopic (exact) mass is 432 g/mol. The fourth-order valence-electron chi connectivity index (χ4n) is 2.71. The summed E-state index contributed by atoms with van der Waals surface area (Å²) < 4.78 is 23.0. The van der Waals surface area contributed by atoms with Crippen LogP contribution in [-0.2, 0) is 4.57 Å². The van der Waals surface area contributed by atoms with Crippen molar-refractivity contribution in [2.75, 3.05) is 32.9 Å². The Kier molecular flexibility index (Phi) is 6.00. The molecule has 0 radical (unpaired) electrons. The number of pyridine rings is 1. The number of hydrogen-bond donors (Lipinski definition) is 1. The number of hydrogen-bond acceptors (Lipinski definition) is 8. The summed E-state index contributed by atoms with van der Waals surface area (Å²) >= 11 is 1.12. The number of nitrogens with zero attached hydrogens (tertiary/aromatic N) is 3. The second kappa shape index (κ2) is 8.31. The van der Waals surface area contributed by atoms with Gasteiger partial charge in [0, 0.05) is 28.3 Å². The number of rotatable bonds is 6. The predicted molar refractivity (Wildman–Crippen MR) is 114 cm³/mol. The number of amides is 1. The van der Waals surface area contributed by atoms with E-state index in [1.54, 1.807) is 32.6 Å². The fourth-order valence-corrected chi connectivity index (χ4v) is 4.13. The van der Waals surface area contributed by atoms with E-state index in [1.807, 2.05) is 19.1 Å². The summed E-state index contributed by atoms with van der Waals surface area (Å²) in [5, 5.41) is 11.8. The summed E-state index contributed by atoms with van der Waals surface area (Å²) in [4.78, 5) is 17.2. The van der Waals surface area contributed by atoms with Crippen LogP contribution in [0.1, 0.15) is 16.1 Å². The Morgan fingerprint density at radius 2 is 1.86 bits per heavy atom. The van der Waals surface area contributed by atoms with Crippen LogP contribution in [0.5, 0.6) is 10.9 Å². The molecule has 2 heterocycles. The zero-order valence-corrected chi connectivity index (χ0v) is 18.4. The summed E-state index contributed by atoms with van der Waals surface area (Å²) in [6.45, 7) is 5.24. The van der Waals surface area contributed by atoms with Crippen molar-refractivity contribution >= 4 is 34.8 Å². The second-order valence-electron chi connectivity index (χ2n) is 6.64. The van der Waals surface area contributed by atoms with Crippen LogP contribution in [-0.4, -0.2) is 48.6 Å².